The van der Waals surface area contributed by atoms with Gasteiger partial charge in [-0.15, -0.1) is 10.2 Å². The Kier molecular flexibility index (Phi) is 4.29. The SMILES string of the molecule is Cc1nnc2n1-c1ccc(-c3cncc(C(C)(C)C(=O)N(C)C)c3)cc1CC2. The zero-order valence-corrected chi connectivity index (χ0v) is 17.0. The number of carbonyl (C=O) groups excluding carboxylic acids is 1. The Balaban J connectivity index is 1.74. The molecule has 28 heavy (non-hydrogen) atoms. The van der Waals surface area contributed by atoms with Crippen LogP contribution in [0.25, 0.3) is 16.8 Å². The Bertz CT molecular complexity index is 1060. The van der Waals surface area contributed by atoms with E-state index in [4.69, 9.17) is 0 Å². The van der Waals surface area contributed by atoms with Crippen molar-refractivity contribution in [2.75, 3.05) is 14.1 Å². The number of nitrogens with zero attached hydrogens (tertiary/aromatic N) is 5. The highest BCUT2D eigenvalue weighted by Crippen LogP contribution is 2.32. The van der Waals surface area contributed by atoms with Gasteiger partial charge in [0.05, 0.1) is 11.1 Å². The molecule has 4 rings (SSSR count). The summed E-state index contributed by atoms with van der Waals surface area (Å²) in [6.07, 6.45) is 5.48. The summed E-state index contributed by atoms with van der Waals surface area (Å²) < 4.78 is 2.14. The number of hydrogen-bond acceptors (Lipinski definition) is 4. The van der Waals surface area contributed by atoms with E-state index < -0.39 is 5.41 Å². The zero-order valence-electron chi connectivity index (χ0n) is 17.0. The molecule has 1 aliphatic heterocycles. The van der Waals surface area contributed by atoms with E-state index in [9.17, 15) is 4.79 Å². The normalized spacial score (nSPS) is 13.0. The van der Waals surface area contributed by atoms with E-state index in [0.717, 1.165) is 46.9 Å². The van der Waals surface area contributed by atoms with E-state index in [1.165, 1.54) is 5.56 Å². The number of rotatable bonds is 3. The molecule has 0 bridgehead atoms. The van der Waals surface area contributed by atoms with Crippen LogP contribution in [0.1, 0.15) is 36.6 Å². The van der Waals surface area contributed by atoms with Crippen LogP contribution in [-0.2, 0) is 23.1 Å². The fourth-order valence-electron chi connectivity index (χ4n) is 3.93. The van der Waals surface area contributed by atoms with Crippen molar-refractivity contribution >= 4 is 5.91 Å². The van der Waals surface area contributed by atoms with Crippen molar-refractivity contribution in [1.29, 1.82) is 0 Å². The molecule has 0 atom stereocenters. The van der Waals surface area contributed by atoms with E-state index in [1.807, 2.05) is 27.0 Å². The molecule has 0 unspecified atom stereocenters. The van der Waals surface area contributed by atoms with Gasteiger partial charge in [-0.05, 0) is 62.1 Å². The van der Waals surface area contributed by atoms with Crippen LogP contribution in [0.15, 0.2) is 36.7 Å². The topological polar surface area (TPSA) is 63.9 Å². The van der Waals surface area contributed by atoms with Crippen LogP contribution in [0.4, 0.5) is 0 Å². The van der Waals surface area contributed by atoms with Gasteiger partial charge in [0.25, 0.3) is 0 Å². The van der Waals surface area contributed by atoms with Gasteiger partial charge in [0.15, 0.2) is 0 Å². The molecule has 2 aromatic heterocycles. The second-order valence-electron chi connectivity index (χ2n) is 8.13. The average Bonchev–Trinajstić information content (AvgIpc) is 3.08. The fourth-order valence-corrected chi connectivity index (χ4v) is 3.93. The lowest BCUT2D eigenvalue weighted by molar-refractivity contribution is -0.133. The Morgan fingerprint density at radius 2 is 1.86 bits per heavy atom. The van der Waals surface area contributed by atoms with Crippen LogP contribution in [0.5, 0.6) is 0 Å². The molecular weight excluding hydrogens is 350 g/mol. The van der Waals surface area contributed by atoms with Crippen molar-refractivity contribution in [2.45, 2.75) is 39.0 Å². The summed E-state index contributed by atoms with van der Waals surface area (Å²) in [4.78, 5) is 18.7. The smallest absolute Gasteiger partial charge is 0.232 e. The van der Waals surface area contributed by atoms with Gasteiger partial charge >= 0.3 is 0 Å². The number of carbonyl (C=O) groups is 1. The van der Waals surface area contributed by atoms with Crippen molar-refractivity contribution in [3.8, 4) is 16.8 Å². The third-order valence-corrected chi connectivity index (χ3v) is 5.56. The highest BCUT2D eigenvalue weighted by molar-refractivity contribution is 5.87. The zero-order chi connectivity index (χ0) is 20.1. The summed E-state index contributed by atoms with van der Waals surface area (Å²) in [6, 6.07) is 8.54. The van der Waals surface area contributed by atoms with Gasteiger partial charge in [-0.3, -0.25) is 14.3 Å². The van der Waals surface area contributed by atoms with Gasteiger partial charge in [0, 0.05) is 38.5 Å². The molecule has 0 spiro atoms. The molecule has 6 nitrogen and oxygen atoms in total. The molecule has 1 aromatic carbocycles. The number of hydrogen-bond donors (Lipinski definition) is 0. The first-order valence-electron chi connectivity index (χ1n) is 9.51. The lowest BCUT2D eigenvalue weighted by atomic mass is 9.83. The third-order valence-electron chi connectivity index (χ3n) is 5.56. The number of fused-ring (bicyclic) bond motifs is 3. The second-order valence-corrected chi connectivity index (χ2v) is 8.13. The van der Waals surface area contributed by atoms with Crippen molar-refractivity contribution in [3.63, 3.8) is 0 Å². The molecule has 0 saturated carbocycles. The Labute approximate surface area is 165 Å². The van der Waals surface area contributed by atoms with Crippen LogP contribution in [0, 0.1) is 6.92 Å². The predicted octanol–water partition coefficient (Wildman–Crippen LogP) is 3.10. The number of likely N-dealkylation sites (N-methyl/N-ethyl adjacent to an activating group) is 1. The molecule has 0 N–H and O–H groups in total. The minimum absolute atomic E-state index is 0.0625. The first-order chi connectivity index (χ1) is 13.3. The molecule has 1 amide bonds. The summed E-state index contributed by atoms with van der Waals surface area (Å²) in [6.45, 7) is 5.87. The summed E-state index contributed by atoms with van der Waals surface area (Å²) in [5.41, 5.74) is 4.84. The van der Waals surface area contributed by atoms with E-state index in [-0.39, 0.29) is 5.91 Å². The van der Waals surface area contributed by atoms with Crippen LogP contribution >= 0.6 is 0 Å². The number of aryl methyl sites for hydroxylation is 3. The number of aromatic nitrogens is 4. The highest BCUT2D eigenvalue weighted by atomic mass is 16.2. The van der Waals surface area contributed by atoms with Crippen molar-refractivity contribution < 1.29 is 4.79 Å². The van der Waals surface area contributed by atoms with Gasteiger partial charge in [-0.25, -0.2) is 0 Å². The molecule has 0 saturated heterocycles. The average molecular weight is 375 g/mol. The summed E-state index contributed by atoms with van der Waals surface area (Å²) in [5.74, 6) is 1.99. The maximum atomic E-state index is 12.6. The molecule has 1 aliphatic rings. The number of amides is 1. The third kappa shape index (κ3) is 2.89. The van der Waals surface area contributed by atoms with Crippen LogP contribution in [-0.4, -0.2) is 44.7 Å². The highest BCUT2D eigenvalue weighted by Gasteiger charge is 2.31. The molecule has 6 heteroatoms. The molecule has 3 aromatic rings. The fraction of sp³-hybridized carbons (Fsp3) is 0.364. The van der Waals surface area contributed by atoms with Crippen LogP contribution in [0.3, 0.4) is 0 Å². The Morgan fingerprint density at radius 3 is 2.61 bits per heavy atom. The Morgan fingerprint density at radius 1 is 1.07 bits per heavy atom. The maximum absolute atomic E-state index is 12.6. The van der Waals surface area contributed by atoms with Gasteiger partial charge in [-0.2, -0.15) is 0 Å². The Hall–Kier alpha value is -3.02. The van der Waals surface area contributed by atoms with Crippen LogP contribution < -0.4 is 0 Å². The van der Waals surface area contributed by atoms with Gasteiger partial charge in [-0.1, -0.05) is 6.07 Å². The number of benzene rings is 1. The minimum Gasteiger partial charge on any atom is -0.348 e. The molecular formula is C22H25N5O. The van der Waals surface area contributed by atoms with Gasteiger partial charge in [0.2, 0.25) is 5.91 Å². The molecule has 0 aliphatic carbocycles. The first-order valence-corrected chi connectivity index (χ1v) is 9.51. The van der Waals surface area contributed by atoms with E-state index in [2.05, 4.69) is 44.0 Å². The summed E-state index contributed by atoms with van der Waals surface area (Å²) in [7, 11) is 3.57. The lowest BCUT2D eigenvalue weighted by Gasteiger charge is -2.27. The molecule has 3 heterocycles. The summed E-state index contributed by atoms with van der Waals surface area (Å²) >= 11 is 0. The molecule has 0 radical (unpaired) electrons. The van der Waals surface area contributed by atoms with Crippen LogP contribution in [0.2, 0.25) is 0 Å². The van der Waals surface area contributed by atoms with E-state index in [0.29, 0.717) is 0 Å². The van der Waals surface area contributed by atoms with Crippen molar-refractivity contribution in [1.82, 2.24) is 24.6 Å². The first kappa shape index (κ1) is 18.3. The van der Waals surface area contributed by atoms with E-state index in [1.54, 1.807) is 25.2 Å². The molecule has 0 fully saturated rings. The second kappa shape index (κ2) is 6.55. The quantitative estimate of drug-likeness (QED) is 0.706. The van der Waals surface area contributed by atoms with Gasteiger partial charge < -0.3 is 4.90 Å². The number of pyridine rings is 1. The van der Waals surface area contributed by atoms with Crippen molar-refractivity contribution in [3.05, 3.63) is 59.4 Å². The predicted molar refractivity (Wildman–Crippen MR) is 108 cm³/mol. The largest absolute Gasteiger partial charge is 0.348 e. The lowest BCUT2D eigenvalue weighted by Crippen LogP contribution is -2.39. The van der Waals surface area contributed by atoms with E-state index >= 15 is 0 Å². The summed E-state index contributed by atoms with van der Waals surface area (Å²) in [5, 5.41) is 8.49. The van der Waals surface area contributed by atoms with Crippen molar-refractivity contribution in [2.24, 2.45) is 0 Å². The standard InChI is InChI=1S/C22H25N5O/c1-14-24-25-20-9-7-16-10-15(6-8-19(16)27(14)20)17-11-18(13-23-12-17)22(2,3)21(28)26(4)5/h6,8,10-13H,7,9H2,1-5H3. The molecule has 144 valence electrons. The monoisotopic (exact) mass is 375 g/mol. The van der Waals surface area contributed by atoms with Gasteiger partial charge in [0.1, 0.15) is 11.6 Å². The minimum atomic E-state index is -0.630. The maximum Gasteiger partial charge on any atom is 0.232 e.